The number of nitrogens with zero attached hydrogens (tertiary/aromatic N) is 3. The normalized spacial score (nSPS) is 30.3. The average molecular weight is 893 g/mol. The van der Waals surface area contributed by atoms with Gasteiger partial charge in [-0.2, -0.15) is 4.31 Å². The van der Waals surface area contributed by atoms with Gasteiger partial charge in [0.2, 0.25) is 15.9 Å². The first-order valence-electron chi connectivity index (χ1n) is 20.2. The molecule has 336 valence electrons. The van der Waals surface area contributed by atoms with Crippen molar-refractivity contribution >= 4 is 57.1 Å². The van der Waals surface area contributed by atoms with Crippen LogP contribution in [0.2, 0.25) is 5.02 Å². The first kappa shape index (κ1) is 47.7. The minimum Gasteiger partial charge on any atom is -0.495 e. The molecule has 0 spiro atoms. The SMILES string of the molecule is COc1cc2cc(c1Cl)N(C)C(=O)CC(OC(=O)[C@H](C)N(C)S(=O)(=O)CCCCCCN1C(=O)C=CC1=O)C1(C)OC1C(C)C1CC(O)(NC(=O)O1)C(OC)/C=C/C=C(\C)C2. The quantitative estimate of drug-likeness (QED) is 0.125. The van der Waals surface area contributed by atoms with Crippen molar-refractivity contribution in [3.8, 4) is 5.75 Å². The highest BCUT2D eigenvalue weighted by Gasteiger charge is 2.64. The molecule has 4 bridgehead atoms. The molecule has 8 atom stereocenters. The number of alkyl carbamates (subject to hydrolysis) is 1. The molecule has 17 nitrogen and oxygen atoms in total. The molecule has 4 amide bonds. The van der Waals surface area contributed by atoms with Gasteiger partial charge in [0.05, 0.1) is 31.1 Å². The number of carbonyl (C=O) groups is 5. The maximum absolute atomic E-state index is 14.2. The molecule has 19 heteroatoms. The zero-order valence-corrected chi connectivity index (χ0v) is 37.4. The number of imide groups is 1. The van der Waals surface area contributed by atoms with Crippen LogP contribution in [0, 0.1) is 5.92 Å². The number of unbranched alkanes of at least 4 members (excludes halogenated alkanes) is 3. The molecule has 2 fully saturated rings. The zero-order valence-electron chi connectivity index (χ0n) is 35.8. The molecule has 7 unspecified atom stereocenters. The molecule has 61 heavy (non-hydrogen) atoms. The molecule has 5 rings (SSSR count). The minimum atomic E-state index is -3.97. The lowest BCUT2D eigenvalue weighted by Gasteiger charge is -2.42. The van der Waals surface area contributed by atoms with E-state index in [1.165, 1.54) is 52.3 Å². The lowest BCUT2D eigenvalue weighted by Crippen LogP contribution is -2.63. The molecule has 0 aliphatic carbocycles. The van der Waals surface area contributed by atoms with Gasteiger partial charge in [0, 0.05) is 52.2 Å². The summed E-state index contributed by atoms with van der Waals surface area (Å²) < 4.78 is 56.9. The second-order valence-corrected chi connectivity index (χ2v) is 18.8. The standard InChI is InChI=1S/C42H57ClN4O13S/c1-25-14-13-15-32(57-8)42(53)24-31(58-40(52)44-42)26(2)38-41(4,60-38)33(23-36(50)45(5)29-21-28(20-25)22-30(56-7)37(29)43)59-39(51)27(3)46(6)61(54,55)19-12-10-9-11-18-47-34(48)16-17-35(47)49/h13-17,21-22,26-27,31-33,38,53H,9-12,18-20,23-24H2,1-8H3,(H,44,52)/b15-13+,25-14+/t26?,27-,31?,32?,33?,38?,41?,42?/m0/s1. The van der Waals surface area contributed by atoms with Crippen LogP contribution < -0.4 is 15.0 Å². The number of epoxide rings is 1. The molecule has 2 N–H and O–H groups in total. The highest BCUT2D eigenvalue weighted by molar-refractivity contribution is 7.89. The van der Waals surface area contributed by atoms with Gasteiger partial charge in [-0.1, -0.05) is 55.2 Å². The fraction of sp³-hybridized carbons (Fsp3) is 0.595. The number of amides is 4. The Morgan fingerprint density at radius 2 is 1.79 bits per heavy atom. The number of carbonyl (C=O) groups excluding carboxylic acids is 5. The van der Waals surface area contributed by atoms with E-state index >= 15 is 0 Å². The van der Waals surface area contributed by atoms with Crippen molar-refractivity contribution in [2.75, 3.05) is 45.5 Å². The van der Waals surface area contributed by atoms with Crippen LogP contribution in [0.3, 0.4) is 0 Å². The number of ether oxygens (including phenoxy) is 5. The van der Waals surface area contributed by atoms with Crippen molar-refractivity contribution in [2.24, 2.45) is 5.92 Å². The third-order valence-corrected chi connectivity index (χ3v) is 14.3. The van der Waals surface area contributed by atoms with Crippen LogP contribution in [0.1, 0.15) is 71.8 Å². The molecule has 1 aromatic rings. The number of likely N-dealkylation sites (N-methyl/N-ethyl adjacent to an activating group) is 1. The maximum Gasteiger partial charge on any atom is 0.409 e. The van der Waals surface area contributed by atoms with E-state index in [1.54, 1.807) is 38.1 Å². The molecular weight excluding hydrogens is 836 g/mol. The van der Waals surface area contributed by atoms with Crippen molar-refractivity contribution in [3.05, 3.63) is 58.7 Å². The Balaban J connectivity index is 1.38. The number of esters is 1. The zero-order chi connectivity index (χ0) is 45.0. The van der Waals surface area contributed by atoms with Crippen molar-refractivity contribution in [1.82, 2.24) is 14.5 Å². The summed E-state index contributed by atoms with van der Waals surface area (Å²) in [5, 5.41) is 14.4. The third kappa shape index (κ3) is 10.8. The lowest BCUT2D eigenvalue weighted by atomic mass is 9.83. The number of halogens is 1. The number of sulfonamides is 1. The molecule has 2 saturated heterocycles. The number of fused-ring (bicyclic) bond motifs is 5. The Kier molecular flexibility index (Phi) is 15.2. The summed E-state index contributed by atoms with van der Waals surface area (Å²) >= 11 is 6.77. The third-order valence-electron chi connectivity index (χ3n) is 12.0. The molecule has 0 radical (unpaired) electrons. The first-order valence-corrected chi connectivity index (χ1v) is 22.2. The summed E-state index contributed by atoms with van der Waals surface area (Å²) in [6.07, 6.45) is 4.57. The number of aliphatic hydroxyl groups is 1. The van der Waals surface area contributed by atoms with Crippen molar-refractivity contribution in [3.63, 3.8) is 0 Å². The minimum absolute atomic E-state index is 0.105. The van der Waals surface area contributed by atoms with E-state index in [0.717, 1.165) is 20.3 Å². The Hall–Kier alpha value is -4.33. The van der Waals surface area contributed by atoms with Gasteiger partial charge in [-0.3, -0.25) is 29.4 Å². The fourth-order valence-electron chi connectivity index (χ4n) is 7.94. The van der Waals surface area contributed by atoms with Gasteiger partial charge in [-0.15, -0.1) is 0 Å². The molecule has 4 heterocycles. The Morgan fingerprint density at radius 3 is 2.44 bits per heavy atom. The van der Waals surface area contributed by atoms with Crippen LogP contribution in [-0.4, -0.2) is 135 Å². The number of rotatable bonds is 13. The van der Waals surface area contributed by atoms with Crippen LogP contribution in [0.4, 0.5) is 10.5 Å². The number of allylic oxidation sites excluding steroid dienone is 3. The van der Waals surface area contributed by atoms with Gasteiger partial charge in [-0.05, 0) is 57.7 Å². The van der Waals surface area contributed by atoms with Crippen LogP contribution in [0.5, 0.6) is 5.75 Å². The summed E-state index contributed by atoms with van der Waals surface area (Å²) in [4.78, 5) is 67.1. The summed E-state index contributed by atoms with van der Waals surface area (Å²) in [6.45, 7) is 6.93. The Bertz CT molecular complexity index is 2060. The van der Waals surface area contributed by atoms with E-state index < -0.39 is 82.1 Å². The number of hydrogen-bond acceptors (Lipinski definition) is 13. The van der Waals surface area contributed by atoms with Crippen molar-refractivity contribution in [2.45, 2.75) is 114 Å². The second-order valence-electron chi connectivity index (χ2n) is 16.3. The molecular formula is C42H57ClN4O13S. The van der Waals surface area contributed by atoms with Gasteiger partial charge >= 0.3 is 12.1 Å². The lowest BCUT2D eigenvalue weighted by molar-refractivity contribution is -0.157. The molecule has 1 aromatic carbocycles. The predicted octanol–water partition coefficient (Wildman–Crippen LogP) is 3.80. The highest BCUT2D eigenvalue weighted by atomic mass is 35.5. The van der Waals surface area contributed by atoms with E-state index in [1.807, 2.05) is 13.0 Å². The van der Waals surface area contributed by atoms with Crippen molar-refractivity contribution in [1.29, 1.82) is 0 Å². The second kappa shape index (κ2) is 19.4. The summed E-state index contributed by atoms with van der Waals surface area (Å²) in [7, 11) is 1.71. The fourth-order valence-corrected chi connectivity index (χ4v) is 9.67. The van der Waals surface area contributed by atoms with Crippen LogP contribution in [0.15, 0.2) is 48.1 Å². The predicted molar refractivity (Wildman–Crippen MR) is 224 cm³/mol. The molecule has 4 aliphatic heterocycles. The summed E-state index contributed by atoms with van der Waals surface area (Å²) in [6, 6.07) is 2.21. The van der Waals surface area contributed by atoms with Gasteiger partial charge in [0.1, 0.15) is 40.7 Å². The Morgan fingerprint density at radius 1 is 1.11 bits per heavy atom. The van der Waals surface area contributed by atoms with Gasteiger partial charge in [-0.25, -0.2) is 13.2 Å². The largest absolute Gasteiger partial charge is 0.495 e. The van der Waals surface area contributed by atoms with E-state index in [-0.39, 0.29) is 42.0 Å². The number of nitrogens with one attached hydrogen (secondary N) is 1. The highest BCUT2D eigenvalue weighted by Crippen LogP contribution is 2.49. The number of methoxy groups -OCH3 is 2. The first-order chi connectivity index (χ1) is 28.6. The van der Waals surface area contributed by atoms with E-state index in [9.17, 15) is 37.5 Å². The number of hydrogen-bond donors (Lipinski definition) is 2. The summed E-state index contributed by atoms with van der Waals surface area (Å²) in [5.74, 6) is -2.73. The Labute approximate surface area is 362 Å². The molecule has 0 aromatic heterocycles. The summed E-state index contributed by atoms with van der Waals surface area (Å²) in [5.41, 5.74) is -1.22. The molecule has 0 saturated carbocycles. The van der Waals surface area contributed by atoms with E-state index in [4.69, 9.17) is 35.3 Å². The van der Waals surface area contributed by atoms with E-state index in [2.05, 4.69) is 5.32 Å². The maximum atomic E-state index is 14.2. The molecule has 4 aliphatic rings. The van der Waals surface area contributed by atoms with Gasteiger partial charge in [0.15, 0.2) is 5.72 Å². The van der Waals surface area contributed by atoms with Crippen molar-refractivity contribution < 1.29 is 61.2 Å². The van der Waals surface area contributed by atoms with Gasteiger partial charge < -0.3 is 33.7 Å². The number of anilines is 1. The van der Waals surface area contributed by atoms with Crippen LogP contribution >= 0.6 is 11.6 Å². The average Bonchev–Trinajstić information content (AvgIpc) is 3.80. The number of benzene rings is 1. The topological polar surface area (TPSA) is 211 Å². The van der Waals surface area contributed by atoms with E-state index in [0.29, 0.717) is 37.1 Å². The van der Waals surface area contributed by atoms with Crippen LogP contribution in [-0.2, 0) is 54.6 Å². The van der Waals surface area contributed by atoms with Gasteiger partial charge in [0.25, 0.3) is 11.8 Å². The van der Waals surface area contributed by atoms with Crippen LogP contribution in [0.25, 0.3) is 0 Å². The smallest absolute Gasteiger partial charge is 0.409 e. The monoisotopic (exact) mass is 892 g/mol.